The molecule has 0 amide bonds. The zero-order valence-electron chi connectivity index (χ0n) is 37.1. The van der Waals surface area contributed by atoms with Crippen LogP contribution in [0.3, 0.4) is 0 Å². The van der Waals surface area contributed by atoms with Crippen molar-refractivity contribution >= 4 is 17.9 Å². The van der Waals surface area contributed by atoms with Crippen LogP contribution in [0.4, 0.5) is 0 Å². The van der Waals surface area contributed by atoms with E-state index in [1.807, 2.05) is 91.0 Å². The third-order valence-corrected chi connectivity index (χ3v) is 11.5. The van der Waals surface area contributed by atoms with Gasteiger partial charge in [0.1, 0.15) is 37.1 Å². The molecular formula is C54H53NO13. The number of rotatable bonds is 19. The number of aliphatic hydroxyl groups is 1. The highest BCUT2D eigenvalue weighted by molar-refractivity contribution is 5.91. The van der Waals surface area contributed by atoms with Crippen molar-refractivity contribution in [3.8, 4) is 0 Å². The number of ether oxygens (including phenoxy) is 9. The van der Waals surface area contributed by atoms with Gasteiger partial charge in [0.25, 0.3) is 0 Å². The molecule has 0 aromatic heterocycles. The Morgan fingerprint density at radius 3 is 1.28 bits per heavy atom. The van der Waals surface area contributed by atoms with Crippen LogP contribution in [0.25, 0.3) is 0 Å². The van der Waals surface area contributed by atoms with E-state index < -0.39 is 85.9 Å². The maximum Gasteiger partial charge on any atom is 0.338 e. The van der Waals surface area contributed by atoms with E-state index in [4.69, 9.17) is 48.4 Å². The molecule has 0 saturated carbocycles. The number of nitrogens with two attached hydrogens (primary N) is 1. The van der Waals surface area contributed by atoms with Crippen LogP contribution < -0.4 is 5.73 Å². The van der Waals surface area contributed by atoms with Gasteiger partial charge < -0.3 is 53.5 Å². The van der Waals surface area contributed by atoms with E-state index in [1.165, 1.54) is 0 Å². The van der Waals surface area contributed by atoms with Crippen LogP contribution in [0.5, 0.6) is 0 Å². The van der Waals surface area contributed by atoms with E-state index in [0.29, 0.717) is 0 Å². The minimum atomic E-state index is -1.52. The summed E-state index contributed by atoms with van der Waals surface area (Å²) in [4.78, 5) is 40.8. The molecule has 0 bridgehead atoms. The SMILES string of the molecule is N[C@@H]1[C@@H](OC[C@H]2O[C@H](O)[C@H](OCc3ccccc3)[C@@H](OCc3ccccc3)[C@@H]2OCc2ccccc2)O[C@H](COC(=O)c2ccccc2)[C@H](OC(=O)c2ccccc2)[C@@H]1OC(=O)c1ccccc1. The Balaban J connectivity index is 1.09. The third-order valence-electron chi connectivity index (χ3n) is 11.5. The highest BCUT2D eigenvalue weighted by Crippen LogP contribution is 2.33. The fraction of sp³-hybridized carbons (Fsp3) is 0.278. The summed E-state index contributed by atoms with van der Waals surface area (Å²) < 4.78 is 56.8. The van der Waals surface area contributed by atoms with Crippen LogP contribution in [0.1, 0.15) is 47.8 Å². The van der Waals surface area contributed by atoms with Gasteiger partial charge >= 0.3 is 17.9 Å². The highest BCUT2D eigenvalue weighted by Gasteiger charge is 2.52. The second-order valence-corrected chi connectivity index (χ2v) is 16.2. The molecule has 2 saturated heterocycles. The quantitative estimate of drug-likeness (QED) is 0.0637. The Hall–Kier alpha value is -6.59. The van der Waals surface area contributed by atoms with Gasteiger partial charge in [-0.3, -0.25) is 0 Å². The first kappa shape index (κ1) is 47.9. The van der Waals surface area contributed by atoms with Crippen LogP contribution in [0.2, 0.25) is 0 Å². The number of carbonyl (C=O) groups excluding carboxylic acids is 3. The number of esters is 3. The number of hydrogen-bond acceptors (Lipinski definition) is 14. The van der Waals surface area contributed by atoms with Crippen LogP contribution in [0, 0.1) is 0 Å². The molecule has 2 fully saturated rings. The summed E-state index contributed by atoms with van der Waals surface area (Å²) in [7, 11) is 0. The first-order valence-electron chi connectivity index (χ1n) is 22.4. The molecule has 10 atom stereocenters. The van der Waals surface area contributed by atoms with Crippen molar-refractivity contribution < 1.29 is 62.1 Å². The van der Waals surface area contributed by atoms with Gasteiger partial charge in [0.15, 0.2) is 24.8 Å². The van der Waals surface area contributed by atoms with Gasteiger partial charge in [-0.15, -0.1) is 0 Å². The second kappa shape index (κ2) is 23.9. The van der Waals surface area contributed by atoms with Gasteiger partial charge in [0.2, 0.25) is 0 Å². The van der Waals surface area contributed by atoms with Crippen LogP contribution >= 0.6 is 0 Å². The van der Waals surface area contributed by atoms with Crippen molar-refractivity contribution in [2.24, 2.45) is 5.73 Å². The molecular weight excluding hydrogens is 871 g/mol. The molecule has 6 aromatic carbocycles. The summed E-state index contributed by atoms with van der Waals surface area (Å²) in [5.74, 6) is -2.21. The summed E-state index contributed by atoms with van der Waals surface area (Å²) in [6.07, 6.45) is -10.9. The van der Waals surface area contributed by atoms with Crippen molar-refractivity contribution in [1.82, 2.24) is 0 Å². The zero-order valence-corrected chi connectivity index (χ0v) is 37.1. The predicted molar refractivity (Wildman–Crippen MR) is 247 cm³/mol. The van der Waals surface area contributed by atoms with Crippen LogP contribution in [-0.4, -0.2) is 97.6 Å². The maximum absolute atomic E-state index is 13.8. The molecule has 68 heavy (non-hydrogen) atoms. The Morgan fingerprint density at radius 1 is 0.426 bits per heavy atom. The molecule has 8 rings (SSSR count). The van der Waals surface area contributed by atoms with Crippen molar-refractivity contribution in [1.29, 1.82) is 0 Å². The van der Waals surface area contributed by atoms with E-state index in [9.17, 15) is 19.5 Å². The minimum Gasteiger partial charge on any atom is -0.459 e. The lowest BCUT2D eigenvalue weighted by atomic mass is 9.96. The van der Waals surface area contributed by atoms with Gasteiger partial charge in [0.05, 0.1) is 49.2 Å². The molecule has 352 valence electrons. The smallest absolute Gasteiger partial charge is 0.338 e. The van der Waals surface area contributed by atoms with E-state index in [1.54, 1.807) is 91.0 Å². The number of hydrogen-bond donors (Lipinski definition) is 2. The van der Waals surface area contributed by atoms with Gasteiger partial charge in [0, 0.05) is 0 Å². The van der Waals surface area contributed by atoms with E-state index in [-0.39, 0.29) is 43.1 Å². The second-order valence-electron chi connectivity index (χ2n) is 16.2. The highest BCUT2D eigenvalue weighted by atomic mass is 16.7. The zero-order chi connectivity index (χ0) is 47.1. The summed E-state index contributed by atoms with van der Waals surface area (Å²) >= 11 is 0. The van der Waals surface area contributed by atoms with Gasteiger partial charge in [-0.2, -0.15) is 0 Å². The lowest BCUT2D eigenvalue weighted by Crippen LogP contribution is -2.66. The number of carbonyl (C=O) groups is 3. The molecule has 2 aliphatic rings. The third kappa shape index (κ3) is 12.7. The van der Waals surface area contributed by atoms with Crippen molar-refractivity contribution in [2.45, 2.75) is 81.2 Å². The minimum absolute atomic E-state index is 0.137. The van der Waals surface area contributed by atoms with Crippen LogP contribution in [0.15, 0.2) is 182 Å². The van der Waals surface area contributed by atoms with Crippen LogP contribution in [-0.2, 0) is 62.5 Å². The number of benzene rings is 6. The lowest BCUT2D eigenvalue weighted by Gasteiger charge is -2.46. The fourth-order valence-electron chi connectivity index (χ4n) is 7.93. The van der Waals surface area contributed by atoms with Crippen molar-refractivity contribution in [3.63, 3.8) is 0 Å². The Bertz CT molecular complexity index is 2470. The van der Waals surface area contributed by atoms with Crippen molar-refractivity contribution in [2.75, 3.05) is 13.2 Å². The van der Waals surface area contributed by atoms with E-state index in [2.05, 4.69) is 0 Å². The maximum atomic E-state index is 13.8. The summed E-state index contributed by atoms with van der Waals surface area (Å²) in [5.41, 5.74) is 10.2. The molecule has 0 aliphatic carbocycles. The molecule has 0 unspecified atom stereocenters. The van der Waals surface area contributed by atoms with Gasteiger partial charge in [-0.05, 0) is 53.1 Å². The summed E-state index contributed by atoms with van der Waals surface area (Å²) in [5, 5.41) is 11.7. The largest absolute Gasteiger partial charge is 0.459 e. The standard InChI is InChI=1S/C54H53NO13/c55-44-47(68-52(58)41-29-17-6-18-30-41)46(67-51(57)40-27-15-5-16-28-40)43(34-63-50(56)39-25-13-4-14-26-39)66-54(44)64-35-42-45(60-31-36-19-7-1-8-20-36)48(61-32-37-21-9-2-10-22-37)49(53(59)65-42)62-33-38-23-11-3-12-24-38/h1-30,42-49,53-54,59H,31-35,55H2/t42-,43-,44+,45-,46+,47-,48+,49-,53+,54+/m1/s1. The van der Waals surface area contributed by atoms with E-state index in [0.717, 1.165) is 16.7 Å². The monoisotopic (exact) mass is 923 g/mol. The molecule has 0 radical (unpaired) electrons. The Morgan fingerprint density at radius 2 is 0.809 bits per heavy atom. The fourth-order valence-corrected chi connectivity index (χ4v) is 7.93. The van der Waals surface area contributed by atoms with Gasteiger partial charge in [-0.25, -0.2) is 14.4 Å². The average Bonchev–Trinajstić information content (AvgIpc) is 3.39. The Kier molecular flexibility index (Phi) is 16.8. The first-order chi connectivity index (χ1) is 33.3. The molecule has 2 aliphatic heterocycles. The predicted octanol–water partition coefficient (Wildman–Crippen LogP) is 6.84. The molecule has 14 nitrogen and oxygen atoms in total. The topological polar surface area (TPSA) is 181 Å². The molecule has 2 heterocycles. The molecule has 3 N–H and O–H groups in total. The van der Waals surface area contributed by atoms with Crippen molar-refractivity contribution in [3.05, 3.63) is 215 Å². The lowest BCUT2D eigenvalue weighted by molar-refractivity contribution is -0.329. The summed E-state index contributed by atoms with van der Waals surface area (Å²) in [6, 6.07) is 52.1. The van der Waals surface area contributed by atoms with Gasteiger partial charge in [-0.1, -0.05) is 146 Å². The molecule has 6 aromatic rings. The average molecular weight is 924 g/mol. The van der Waals surface area contributed by atoms with E-state index >= 15 is 0 Å². The first-order valence-corrected chi connectivity index (χ1v) is 22.4. The molecule has 14 heteroatoms. The molecule has 0 spiro atoms. The Labute approximate surface area is 394 Å². The normalized spacial score (nSPS) is 24.6. The number of aliphatic hydroxyl groups excluding tert-OH is 1. The summed E-state index contributed by atoms with van der Waals surface area (Å²) in [6.45, 7) is -0.346.